The van der Waals surface area contributed by atoms with Crippen molar-refractivity contribution in [3.63, 3.8) is 0 Å². The number of pyridine rings is 1. The number of amides is 1. The summed E-state index contributed by atoms with van der Waals surface area (Å²) >= 11 is 5.88. The number of aryl methyl sites for hydroxylation is 1. The molecular weight excluding hydrogens is 376 g/mol. The summed E-state index contributed by atoms with van der Waals surface area (Å²) in [4.78, 5) is 20.7. The molecule has 0 saturated carbocycles. The number of anilines is 1. The first-order valence-corrected chi connectivity index (χ1v) is 9.47. The maximum absolute atomic E-state index is 13.3. The fourth-order valence-corrected chi connectivity index (χ4v) is 3.06. The minimum atomic E-state index is -0.0753. The maximum atomic E-state index is 13.3. The number of halogens is 1. The van der Waals surface area contributed by atoms with E-state index in [0.29, 0.717) is 22.8 Å². The highest BCUT2D eigenvalue weighted by Crippen LogP contribution is 2.19. The Bertz CT molecular complexity index is 926. The summed E-state index contributed by atoms with van der Waals surface area (Å²) < 4.78 is 0. The van der Waals surface area contributed by atoms with Crippen molar-refractivity contribution < 1.29 is 4.79 Å². The number of aromatic nitrogens is 4. The van der Waals surface area contributed by atoms with Crippen LogP contribution in [0.25, 0.3) is 5.69 Å². The summed E-state index contributed by atoms with van der Waals surface area (Å²) in [5.41, 5.74) is 2.24. The average molecular weight is 399 g/mol. The molecule has 28 heavy (non-hydrogen) atoms. The third-order valence-electron chi connectivity index (χ3n) is 4.60. The van der Waals surface area contributed by atoms with Crippen molar-refractivity contribution in [3.05, 3.63) is 65.1 Å². The Kier molecular flexibility index (Phi) is 6.26. The standard InChI is InChI=1S/C20H23ClN6O/c1-4-16(13-23-19-8-6-15(21)12-22-19)26(3)20(28)17-11-14(2)5-7-18(17)27-24-9-10-25-27/h5-12,16H,4,13H2,1-3H3,(H,22,23). The maximum Gasteiger partial charge on any atom is 0.256 e. The second-order valence-corrected chi connectivity index (χ2v) is 7.00. The Morgan fingerprint density at radius 2 is 2.00 bits per heavy atom. The van der Waals surface area contributed by atoms with Gasteiger partial charge < -0.3 is 10.2 Å². The monoisotopic (exact) mass is 398 g/mol. The van der Waals surface area contributed by atoms with Gasteiger partial charge in [0.05, 0.1) is 28.7 Å². The van der Waals surface area contributed by atoms with Crippen LogP contribution in [0.1, 0.15) is 29.3 Å². The molecule has 1 unspecified atom stereocenters. The van der Waals surface area contributed by atoms with Crippen molar-refractivity contribution in [2.24, 2.45) is 0 Å². The zero-order valence-corrected chi connectivity index (χ0v) is 16.9. The van der Waals surface area contributed by atoms with Gasteiger partial charge in [-0.3, -0.25) is 4.79 Å². The van der Waals surface area contributed by atoms with Gasteiger partial charge in [-0.25, -0.2) is 4.98 Å². The van der Waals surface area contributed by atoms with Gasteiger partial charge in [-0.15, -0.1) is 0 Å². The number of hydrogen-bond acceptors (Lipinski definition) is 5. The van der Waals surface area contributed by atoms with Crippen LogP contribution < -0.4 is 5.32 Å². The number of carbonyl (C=O) groups is 1. The van der Waals surface area contributed by atoms with Crippen LogP contribution in [0.2, 0.25) is 5.02 Å². The molecule has 0 saturated heterocycles. The molecule has 8 heteroatoms. The van der Waals surface area contributed by atoms with E-state index in [-0.39, 0.29) is 11.9 Å². The minimum absolute atomic E-state index is 0.0103. The molecule has 0 aliphatic carbocycles. The average Bonchev–Trinajstić information content (AvgIpc) is 3.23. The van der Waals surface area contributed by atoms with Gasteiger partial charge in [0.25, 0.3) is 5.91 Å². The second-order valence-electron chi connectivity index (χ2n) is 6.56. The van der Waals surface area contributed by atoms with Crippen LogP contribution in [-0.4, -0.2) is 50.4 Å². The lowest BCUT2D eigenvalue weighted by atomic mass is 10.1. The third kappa shape index (κ3) is 4.48. The molecule has 1 N–H and O–H groups in total. The number of likely N-dealkylation sites (N-methyl/N-ethyl adjacent to an activating group) is 1. The molecule has 2 heterocycles. The van der Waals surface area contributed by atoms with Crippen LogP contribution in [0.5, 0.6) is 0 Å². The predicted octanol–water partition coefficient (Wildman–Crippen LogP) is 3.59. The number of nitrogens with zero attached hydrogens (tertiary/aromatic N) is 5. The van der Waals surface area contributed by atoms with Crippen LogP contribution >= 0.6 is 11.6 Å². The normalized spacial score (nSPS) is 11.9. The summed E-state index contributed by atoms with van der Waals surface area (Å²) in [7, 11) is 1.82. The van der Waals surface area contributed by atoms with Gasteiger partial charge in [0.1, 0.15) is 5.82 Å². The number of carbonyl (C=O) groups excluding carboxylic acids is 1. The number of nitrogens with one attached hydrogen (secondary N) is 1. The summed E-state index contributed by atoms with van der Waals surface area (Å²) in [6.07, 6.45) is 5.57. The van der Waals surface area contributed by atoms with E-state index in [9.17, 15) is 4.79 Å². The fourth-order valence-electron chi connectivity index (χ4n) is 2.95. The first-order valence-electron chi connectivity index (χ1n) is 9.09. The highest BCUT2D eigenvalue weighted by Gasteiger charge is 2.23. The van der Waals surface area contributed by atoms with Crippen LogP contribution in [0.15, 0.2) is 48.9 Å². The summed E-state index contributed by atoms with van der Waals surface area (Å²) in [5.74, 6) is 0.648. The van der Waals surface area contributed by atoms with Crippen molar-refractivity contribution in [2.45, 2.75) is 26.3 Å². The Hall–Kier alpha value is -2.93. The quantitative estimate of drug-likeness (QED) is 0.658. The lowest BCUT2D eigenvalue weighted by molar-refractivity contribution is 0.0735. The van der Waals surface area contributed by atoms with E-state index in [1.165, 1.54) is 4.80 Å². The second kappa shape index (κ2) is 8.84. The third-order valence-corrected chi connectivity index (χ3v) is 4.83. The van der Waals surface area contributed by atoms with Crippen molar-refractivity contribution >= 4 is 23.3 Å². The van der Waals surface area contributed by atoms with Crippen LogP contribution in [-0.2, 0) is 0 Å². The van der Waals surface area contributed by atoms with Gasteiger partial charge in [0, 0.05) is 25.8 Å². The Labute approximate surface area is 169 Å². The summed E-state index contributed by atoms with van der Waals surface area (Å²) in [5, 5.41) is 12.2. The molecular formula is C20H23ClN6O. The van der Waals surface area contributed by atoms with E-state index < -0.39 is 0 Å². The summed E-state index contributed by atoms with van der Waals surface area (Å²) in [6.45, 7) is 4.59. The minimum Gasteiger partial charge on any atom is -0.368 e. The molecule has 3 rings (SSSR count). The van der Waals surface area contributed by atoms with Crippen LogP contribution in [0.3, 0.4) is 0 Å². The molecule has 1 aromatic carbocycles. The number of benzene rings is 1. The fraction of sp³-hybridized carbons (Fsp3) is 0.300. The molecule has 146 valence electrons. The van der Waals surface area contributed by atoms with Crippen molar-refractivity contribution in [1.82, 2.24) is 24.9 Å². The first kappa shape index (κ1) is 19.8. The lowest BCUT2D eigenvalue weighted by Crippen LogP contribution is -2.41. The van der Waals surface area contributed by atoms with Crippen LogP contribution in [0.4, 0.5) is 5.82 Å². The highest BCUT2D eigenvalue weighted by molar-refractivity contribution is 6.30. The van der Waals surface area contributed by atoms with Crippen LogP contribution in [0, 0.1) is 6.92 Å². The molecule has 0 spiro atoms. The molecule has 0 aliphatic heterocycles. The van der Waals surface area contributed by atoms with E-state index in [1.807, 2.05) is 38.2 Å². The van der Waals surface area contributed by atoms with Gasteiger partial charge in [-0.1, -0.05) is 30.2 Å². The zero-order valence-electron chi connectivity index (χ0n) is 16.1. The molecule has 0 aliphatic rings. The molecule has 1 amide bonds. The first-order chi connectivity index (χ1) is 13.5. The highest BCUT2D eigenvalue weighted by atomic mass is 35.5. The molecule has 7 nitrogen and oxygen atoms in total. The van der Waals surface area contributed by atoms with E-state index in [1.54, 1.807) is 29.6 Å². The van der Waals surface area contributed by atoms with Gasteiger partial charge in [-0.05, 0) is 37.6 Å². The van der Waals surface area contributed by atoms with E-state index in [0.717, 1.165) is 17.8 Å². The zero-order chi connectivity index (χ0) is 20.1. The lowest BCUT2D eigenvalue weighted by Gasteiger charge is -2.28. The largest absolute Gasteiger partial charge is 0.368 e. The molecule has 3 aromatic rings. The topological polar surface area (TPSA) is 75.9 Å². The Morgan fingerprint density at radius 3 is 2.64 bits per heavy atom. The summed E-state index contributed by atoms with van der Waals surface area (Å²) in [6, 6.07) is 9.28. The van der Waals surface area contributed by atoms with E-state index >= 15 is 0 Å². The molecule has 0 bridgehead atoms. The Balaban J connectivity index is 1.78. The van der Waals surface area contributed by atoms with Crippen molar-refractivity contribution in [3.8, 4) is 5.69 Å². The van der Waals surface area contributed by atoms with E-state index in [2.05, 4.69) is 27.4 Å². The number of hydrogen-bond donors (Lipinski definition) is 1. The van der Waals surface area contributed by atoms with E-state index in [4.69, 9.17) is 11.6 Å². The van der Waals surface area contributed by atoms with Gasteiger partial charge in [0.2, 0.25) is 0 Å². The predicted molar refractivity (Wildman–Crippen MR) is 110 cm³/mol. The smallest absolute Gasteiger partial charge is 0.256 e. The van der Waals surface area contributed by atoms with Gasteiger partial charge >= 0.3 is 0 Å². The molecule has 0 radical (unpaired) electrons. The van der Waals surface area contributed by atoms with Crippen molar-refractivity contribution in [1.29, 1.82) is 0 Å². The van der Waals surface area contributed by atoms with Gasteiger partial charge in [-0.2, -0.15) is 15.0 Å². The number of rotatable bonds is 7. The Morgan fingerprint density at radius 1 is 1.25 bits per heavy atom. The molecule has 0 fully saturated rings. The van der Waals surface area contributed by atoms with Crippen molar-refractivity contribution in [2.75, 3.05) is 18.9 Å². The van der Waals surface area contributed by atoms with Gasteiger partial charge in [0.15, 0.2) is 0 Å². The molecule has 2 aromatic heterocycles. The SMILES string of the molecule is CCC(CNc1ccc(Cl)cn1)N(C)C(=O)c1cc(C)ccc1-n1nccn1. The molecule has 1 atom stereocenters.